The summed E-state index contributed by atoms with van der Waals surface area (Å²) in [6, 6.07) is 14.2. The van der Waals surface area contributed by atoms with Crippen LogP contribution in [0.5, 0.6) is 0 Å². The van der Waals surface area contributed by atoms with E-state index in [0.29, 0.717) is 10.0 Å². The Hall–Kier alpha value is -0.500. The Kier molecular flexibility index (Phi) is 4.71. The van der Waals surface area contributed by atoms with Crippen molar-refractivity contribution in [2.24, 2.45) is 0 Å². The second kappa shape index (κ2) is 6.10. The number of rotatable bonds is 3. The summed E-state index contributed by atoms with van der Waals surface area (Å²) in [5, 5.41) is 1.23. The van der Waals surface area contributed by atoms with Gasteiger partial charge in [-0.1, -0.05) is 81.1 Å². The molecule has 0 heterocycles. The van der Waals surface area contributed by atoms with Crippen LogP contribution in [0.15, 0.2) is 42.5 Å². The van der Waals surface area contributed by atoms with Crippen LogP contribution < -0.4 is 0 Å². The van der Waals surface area contributed by atoms with Crippen molar-refractivity contribution < 1.29 is 0 Å². The van der Waals surface area contributed by atoms with Gasteiger partial charge in [-0.2, -0.15) is 0 Å². The molecule has 0 nitrogen and oxygen atoms in total. The first-order valence-electron chi connectivity index (χ1n) is 5.71. The summed E-state index contributed by atoms with van der Waals surface area (Å²) in [6.07, 6.45) is 0.891. The van der Waals surface area contributed by atoms with Crippen molar-refractivity contribution in [1.29, 1.82) is 0 Å². The van der Waals surface area contributed by atoms with Crippen LogP contribution in [0.3, 0.4) is 0 Å². The molecule has 2 rings (SSSR count). The molecule has 0 radical (unpaired) electrons. The molecule has 0 N–H and O–H groups in total. The first-order valence-corrected chi connectivity index (χ1v) is 7.38. The lowest BCUT2D eigenvalue weighted by molar-refractivity contribution is 0.947. The monoisotopic (exact) mass is 342 g/mol. The van der Waals surface area contributed by atoms with E-state index in [0.717, 1.165) is 12.0 Å². The molecule has 1 atom stereocenters. The van der Waals surface area contributed by atoms with E-state index in [1.807, 2.05) is 12.1 Å². The van der Waals surface area contributed by atoms with E-state index in [1.54, 1.807) is 6.07 Å². The number of hydrogen-bond donors (Lipinski definition) is 0. The Morgan fingerprint density at radius 1 is 1.11 bits per heavy atom. The third-order valence-corrected chi connectivity index (χ3v) is 4.47. The Morgan fingerprint density at radius 2 is 1.83 bits per heavy atom. The highest BCUT2D eigenvalue weighted by molar-refractivity contribution is 9.09. The van der Waals surface area contributed by atoms with Gasteiger partial charge in [0.2, 0.25) is 0 Å². The summed E-state index contributed by atoms with van der Waals surface area (Å²) in [7, 11) is 0. The predicted molar refractivity (Wildman–Crippen MR) is 83.0 cm³/mol. The zero-order valence-corrected chi connectivity index (χ0v) is 13.1. The molecule has 94 valence electrons. The molecule has 1 unspecified atom stereocenters. The lowest BCUT2D eigenvalue weighted by Crippen LogP contribution is -1.97. The number of aryl methyl sites for hydroxylation is 1. The molecule has 0 amide bonds. The smallest absolute Gasteiger partial charge is 0.0635 e. The number of alkyl halides is 1. The molecule has 3 heteroatoms. The number of benzene rings is 2. The number of halogens is 3. The maximum absolute atomic E-state index is 6.22. The second-order valence-electron chi connectivity index (χ2n) is 4.30. The molecule has 0 aliphatic rings. The minimum Gasteiger partial charge on any atom is -0.0835 e. The average Bonchev–Trinajstić information content (AvgIpc) is 2.32. The molecule has 2 aromatic rings. The van der Waals surface area contributed by atoms with Crippen LogP contribution in [0.25, 0.3) is 0 Å². The Balaban J connectivity index is 2.22. The molecule has 2 aromatic carbocycles. The summed E-state index contributed by atoms with van der Waals surface area (Å²) in [4.78, 5) is 0.172. The van der Waals surface area contributed by atoms with Gasteiger partial charge < -0.3 is 0 Å². The van der Waals surface area contributed by atoms with Crippen LogP contribution in [-0.4, -0.2) is 0 Å². The van der Waals surface area contributed by atoms with Gasteiger partial charge in [0.05, 0.1) is 10.0 Å². The van der Waals surface area contributed by atoms with Crippen LogP contribution in [-0.2, 0) is 6.42 Å². The van der Waals surface area contributed by atoms with Gasteiger partial charge >= 0.3 is 0 Å². The SMILES string of the molecule is Cc1cccc(CC(Br)c2cccc(Cl)c2Cl)c1. The lowest BCUT2D eigenvalue weighted by atomic mass is 10.0. The summed E-state index contributed by atoms with van der Waals surface area (Å²) in [5.74, 6) is 0. The quantitative estimate of drug-likeness (QED) is 0.601. The zero-order valence-electron chi connectivity index (χ0n) is 9.96. The van der Waals surface area contributed by atoms with E-state index >= 15 is 0 Å². The van der Waals surface area contributed by atoms with Crippen molar-refractivity contribution >= 4 is 39.1 Å². The van der Waals surface area contributed by atoms with E-state index in [2.05, 4.69) is 47.1 Å². The van der Waals surface area contributed by atoms with Crippen molar-refractivity contribution in [3.8, 4) is 0 Å². The van der Waals surface area contributed by atoms with Crippen LogP contribution in [0.4, 0.5) is 0 Å². The fourth-order valence-corrected chi connectivity index (χ4v) is 3.25. The third kappa shape index (κ3) is 3.28. The van der Waals surface area contributed by atoms with Gasteiger partial charge in [0.25, 0.3) is 0 Å². The van der Waals surface area contributed by atoms with Crippen molar-refractivity contribution in [3.05, 3.63) is 69.2 Å². The molecular formula is C15H13BrCl2. The maximum atomic E-state index is 6.22. The first kappa shape index (κ1) is 13.9. The third-order valence-electron chi connectivity index (χ3n) is 2.82. The largest absolute Gasteiger partial charge is 0.0835 e. The predicted octanol–water partition coefficient (Wildman–Crippen LogP) is 5.98. The van der Waals surface area contributed by atoms with E-state index in [1.165, 1.54) is 11.1 Å². The van der Waals surface area contributed by atoms with E-state index < -0.39 is 0 Å². The highest BCUT2D eigenvalue weighted by Gasteiger charge is 2.14. The van der Waals surface area contributed by atoms with Crippen molar-refractivity contribution in [2.45, 2.75) is 18.2 Å². The van der Waals surface area contributed by atoms with Crippen molar-refractivity contribution in [1.82, 2.24) is 0 Å². The standard InChI is InChI=1S/C15H13BrCl2/c1-10-4-2-5-11(8-10)9-13(16)12-6-3-7-14(17)15(12)18/h2-8,13H,9H2,1H3. The Bertz CT molecular complexity index is 552. The van der Waals surface area contributed by atoms with Crippen LogP contribution in [0.2, 0.25) is 10.0 Å². The van der Waals surface area contributed by atoms with Crippen LogP contribution >= 0.6 is 39.1 Å². The first-order chi connectivity index (χ1) is 8.58. The minimum atomic E-state index is 0.172. The Morgan fingerprint density at radius 3 is 2.56 bits per heavy atom. The van der Waals surface area contributed by atoms with Gasteiger partial charge in [0.15, 0.2) is 0 Å². The van der Waals surface area contributed by atoms with Crippen molar-refractivity contribution in [2.75, 3.05) is 0 Å². The molecular weight excluding hydrogens is 331 g/mol. The van der Waals surface area contributed by atoms with Gasteiger partial charge in [-0.05, 0) is 30.5 Å². The molecule has 18 heavy (non-hydrogen) atoms. The van der Waals surface area contributed by atoms with E-state index in [9.17, 15) is 0 Å². The molecule has 0 aromatic heterocycles. The average molecular weight is 344 g/mol. The van der Waals surface area contributed by atoms with Crippen LogP contribution in [0, 0.1) is 6.92 Å². The number of hydrogen-bond acceptors (Lipinski definition) is 0. The minimum absolute atomic E-state index is 0.172. The molecule has 0 bridgehead atoms. The molecule has 0 aliphatic carbocycles. The lowest BCUT2D eigenvalue weighted by Gasteiger charge is -2.13. The van der Waals surface area contributed by atoms with E-state index in [-0.39, 0.29) is 4.83 Å². The van der Waals surface area contributed by atoms with Gasteiger partial charge in [0.1, 0.15) is 0 Å². The molecule has 0 fully saturated rings. The fraction of sp³-hybridized carbons (Fsp3) is 0.200. The van der Waals surface area contributed by atoms with Crippen LogP contribution in [0.1, 0.15) is 21.5 Å². The molecule has 0 spiro atoms. The Labute approximate surface area is 126 Å². The highest BCUT2D eigenvalue weighted by atomic mass is 79.9. The van der Waals surface area contributed by atoms with Crippen molar-refractivity contribution in [3.63, 3.8) is 0 Å². The summed E-state index contributed by atoms with van der Waals surface area (Å²) in [5.41, 5.74) is 3.59. The maximum Gasteiger partial charge on any atom is 0.0635 e. The van der Waals surface area contributed by atoms with Gasteiger partial charge in [-0.25, -0.2) is 0 Å². The summed E-state index contributed by atoms with van der Waals surface area (Å²) in [6.45, 7) is 2.10. The molecule has 0 aliphatic heterocycles. The summed E-state index contributed by atoms with van der Waals surface area (Å²) < 4.78 is 0. The second-order valence-corrected chi connectivity index (χ2v) is 6.19. The topological polar surface area (TPSA) is 0 Å². The van der Waals surface area contributed by atoms with Gasteiger partial charge in [-0.3, -0.25) is 0 Å². The highest BCUT2D eigenvalue weighted by Crippen LogP contribution is 2.36. The van der Waals surface area contributed by atoms with E-state index in [4.69, 9.17) is 23.2 Å². The molecule has 0 saturated heterocycles. The van der Waals surface area contributed by atoms with Gasteiger partial charge in [0, 0.05) is 4.83 Å². The normalized spacial score (nSPS) is 12.4. The van der Waals surface area contributed by atoms with Gasteiger partial charge in [-0.15, -0.1) is 0 Å². The fourth-order valence-electron chi connectivity index (χ4n) is 1.92. The summed E-state index contributed by atoms with van der Waals surface area (Å²) >= 11 is 15.9. The molecule has 0 saturated carbocycles. The zero-order chi connectivity index (χ0) is 13.1.